The lowest BCUT2D eigenvalue weighted by Crippen LogP contribution is -2.36. The third-order valence-electron chi connectivity index (χ3n) is 3.97. The SMILES string of the molecule is CCC(O)CCNC1CCCC(CC(C)C)C1. The first-order valence-electron chi connectivity index (χ1n) is 7.53. The molecule has 0 aliphatic heterocycles. The molecule has 0 aromatic carbocycles. The molecule has 0 saturated heterocycles. The Hall–Kier alpha value is -0.0800. The highest BCUT2D eigenvalue weighted by atomic mass is 16.3. The second-order valence-corrected chi connectivity index (χ2v) is 6.16. The Morgan fingerprint density at radius 2 is 2.06 bits per heavy atom. The number of aliphatic hydroxyl groups is 1. The lowest BCUT2D eigenvalue weighted by Gasteiger charge is -2.31. The Morgan fingerprint density at radius 1 is 1.29 bits per heavy atom. The molecule has 17 heavy (non-hydrogen) atoms. The molecule has 1 aliphatic carbocycles. The molecule has 2 nitrogen and oxygen atoms in total. The lowest BCUT2D eigenvalue weighted by molar-refractivity contribution is 0.155. The first kappa shape index (κ1) is 15.0. The summed E-state index contributed by atoms with van der Waals surface area (Å²) in [5.74, 6) is 1.76. The minimum atomic E-state index is -0.113. The van der Waals surface area contributed by atoms with Gasteiger partial charge in [-0.1, -0.05) is 33.6 Å². The van der Waals surface area contributed by atoms with E-state index in [0.29, 0.717) is 6.04 Å². The summed E-state index contributed by atoms with van der Waals surface area (Å²) in [6.45, 7) is 7.68. The van der Waals surface area contributed by atoms with E-state index in [2.05, 4.69) is 19.2 Å². The number of hydrogen-bond acceptors (Lipinski definition) is 2. The van der Waals surface area contributed by atoms with Crippen molar-refractivity contribution in [2.24, 2.45) is 11.8 Å². The van der Waals surface area contributed by atoms with Crippen LogP contribution < -0.4 is 5.32 Å². The van der Waals surface area contributed by atoms with Gasteiger partial charge in [-0.05, 0) is 50.5 Å². The molecular weight excluding hydrogens is 210 g/mol. The number of aliphatic hydroxyl groups excluding tert-OH is 1. The van der Waals surface area contributed by atoms with Crippen LogP contribution in [-0.4, -0.2) is 23.8 Å². The molecule has 102 valence electrons. The minimum Gasteiger partial charge on any atom is -0.393 e. The largest absolute Gasteiger partial charge is 0.393 e. The van der Waals surface area contributed by atoms with Crippen LogP contribution >= 0.6 is 0 Å². The van der Waals surface area contributed by atoms with Gasteiger partial charge in [-0.15, -0.1) is 0 Å². The van der Waals surface area contributed by atoms with E-state index in [-0.39, 0.29) is 6.10 Å². The molecule has 0 radical (unpaired) electrons. The van der Waals surface area contributed by atoms with E-state index in [1.807, 2.05) is 6.92 Å². The molecule has 0 spiro atoms. The van der Waals surface area contributed by atoms with Crippen LogP contribution in [0.4, 0.5) is 0 Å². The highest BCUT2D eigenvalue weighted by Gasteiger charge is 2.22. The van der Waals surface area contributed by atoms with Crippen molar-refractivity contribution in [2.45, 2.75) is 77.9 Å². The van der Waals surface area contributed by atoms with Crippen LogP contribution in [0.1, 0.15) is 65.7 Å². The van der Waals surface area contributed by atoms with Gasteiger partial charge in [0.05, 0.1) is 6.10 Å². The number of nitrogens with one attached hydrogen (secondary N) is 1. The molecule has 3 unspecified atom stereocenters. The maximum Gasteiger partial charge on any atom is 0.0549 e. The Bertz CT molecular complexity index is 193. The van der Waals surface area contributed by atoms with Crippen molar-refractivity contribution in [1.29, 1.82) is 0 Å². The van der Waals surface area contributed by atoms with Gasteiger partial charge in [-0.25, -0.2) is 0 Å². The van der Waals surface area contributed by atoms with Crippen LogP contribution in [0.5, 0.6) is 0 Å². The summed E-state index contributed by atoms with van der Waals surface area (Å²) in [5, 5.41) is 13.1. The maximum absolute atomic E-state index is 9.52. The van der Waals surface area contributed by atoms with Gasteiger partial charge in [0.2, 0.25) is 0 Å². The van der Waals surface area contributed by atoms with Gasteiger partial charge in [0, 0.05) is 6.04 Å². The quantitative estimate of drug-likeness (QED) is 0.716. The van der Waals surface area contributed by atoms with Gasteiger partial charge >= 0.3 is 0 Å². The van der Waals surface area contributed by atoms with Crippen molar-refractivity contribution in [2.75, 3.05) is 6.54 Å². The topological polar surface area (TPSA) is 32.3 Å². The summed E-state index contributed by atoms with van der Waals surface area (Å²) in [5.41, 5.74) is 0. The van der Waals surface area contributed by atoms with Crippen LogP contribution in [0.3, 0.4) is 0 Å². The monoisotopic (exact) mass is 241 g/mol. The molecule has 0 heterocycles. The van der Waals surface area contributed by atoms with E-state index in [1.165, 1.54) is 32.1 Å². The van der Waals surface area contributed by atoms with E-state index < -0.39 is 0 Å². The van der Waals surface area contributed by atoms with Gasteiger partial charge in [0.1, 0.15) is 0 Å². The molecular formula is C15H31NO. The van der Waals surface area contributed by atoms with Gasteiger partial charge < -0.3 is 10.4 Å². The number of hydrogen-bond donors (Lipinski definition) is 2. The van der Waals surface area contributed by atoms with Gasteiger partial charge in [-0.2, -0.15) is 0 Å². The van der Waals surface area contributed by atoms with Gasteiger partial charge in [0.15, 0.2) is 0 Å². The van der Waals surface area contributed by atoms with E-state index in [0.717, 1.165) is 31.2 Å². The Balaban J connectivity index is 2.16. The molecule has 1 rings (SSSR count). The van der Waals surface area contributed by atoms with E-state index in [1.54, 1.807) is 0 Å². The fourth-order valence-corrected chi connectivity index (χ4v) is 3.02. The lowest BCUT2D eigenvalue weighted by atomic mass is 9.81. The predicted octanol–water partition coefficient (Wildman–Crippen LogP) is 3.34. The second kappa shape index (κ2) is 8.10. The van der Waals surface area contributed by atoms with Crippen molar-refractivity contribution in [1.82, 2.24) is 5.32 Å². The van der Waals surface area contributed by atoms with Crippen molar-refractivity contribution >= 4 is 0 Å². The van der Waals surface area contributed by atoms with Crippen LogP contribution in [0.15, 0.2) is 0 Å². The van der Waals surface area contributed by atoms with Gasteiger partial charge in [-0.3, -0.25) is 0 Å². The molecule has 3 atom stereocenters. The normalized spacial score (nSPS) is 27.4. The Kier molecular flexibility index (Phi) is 7.14. The standard InChI is InChI=1S/C15H31NO/c1-4-15(17)8-9-16-14-7-5-6-13(11-14)10-12(2)3/h12-17H,4-11H2,1-3H3. The molecule has 0 amide bonds. The molecule has 0 aromatic heterocycles. The van der Waals surface area contributed by atoms with Crippen molar-refractivity contribution in [3.63, 3.8) is 0 Å². The maximum atomic E-state index is 9.52. The van der Waals surface area contributed by atoms with E-state index in [9.17, 15) is 5.11 Å². The van der Waals surface area contributed by atoms with E-state index in [4.69, 9.17) is 0 Å². The van der Waals surface area contributed by atoms with Crippen LogP contribution in [-0.2, 0) is 0 Å². The van der Waals surface area contributed by atoms with Crippen LogP contribution in [0.2, 0.25) is 0 Å². The Morgan fingerprint density at radius 3 is 2.71 bits per heavy atom. The summed E-state index contributed by atoms with van der Waals surface area (Å²) < 4.78 is 0. The fourth-order valence-electron chi connectivity index (χ4n) is 3.02. The average Bonchev–Trinajstić information content (AvgIpc) is 2.28. The molecule has 2 N–H and O–H groups in total. The first-order valence-corrected chi connectivity index (χ1v) is 7.53. The first-order chi connectivity index (χ1) is 8.11. The Labute approximate surface area is 107 Å². The zero-order valence-corrected chi connectivity index (χ0v) is 11.9. The van der Waals surface area contributed by atoms with Crippen molar-refractivity contribution < 1.29 is 5.11 Å². The van der Waals surface area contributed by atoms with Crippen LogP contribution in [0.25, 0.3) is 0 Å². The summed E-state index contributed by atoms with van der Waals surface area (Å²) in [4.78, 5) is 0. The zero-order chi connectivity index (χ0) is 12.7. The minimum absolute atomic E-state index is 0.113. The average molecular weight is 241 g/mol. The summed E-state index contributed by atoms with van der Waals surface area (Å²) in [6, 6.07) is 0.705. The highest BCUT2D eigenvalue weighted by molar-refractivity contribution is 4.78. The smallest absolute Gasteiger partial charge is 0.0549 e. The van der Waals surface area contributed by atoms with Crippen molar-refractivity contribution in [3.05, 3.63) is 0 Å². The molecule has 1 fully saturated rings. The summed E-state index contributed by atoms with van der Waals surface area (Å²) in [6.07, 6.45) is 8.54. The molecule has 0 aromatic rings. The summed E-state index contributed by atoms with van der Waals surface area (Å²) >= 11 is 0. The highest BCUT2D eigenvalue weighted by Crippen LogP contribution is 2.29. The molecule has 0 bridgehead atoms. The van der Waals surface area contributed by atoms with Crippen LogP contribution in [0, 0.1) is 11.8 Å². The predicted molar refractivity (Wildman–Crippen MR) is 74.1 cm³/mol. The second-order valence-electron chi connectivity index (χ2n) is 6.16. The molecule has 1 aliphatic rings. The summed E-state index contributed by atoms with van der Waals surface area (Å²) in [7, 11) is 0. The zero-order valence-electron chi connectivity index (χ0n) is 11.9. The van der Waals surface area contributed by atoms with E-state index >= 15 is 0 Å². The van der Waals surface area contributed by atoms with Gasteiger partial charge in [0.25, 0.3) is 0 Å². The third-order valence-corrected chi connectivity index (χ3v) is 3.97. The molecule has 1 saturated carbocycles. The molecule has 2 heteroatoms. The number of rotatable bonds is 7. The van der Waals surface area contributed by atoms with Crippen molar-refractivity contribution in [3.8, 4) is 0 Å². The third kappa shape index (κ3) is 6.42. The fraction of sp³-hybridized carbons (Fsp3) is 1.00.